The van der Waals surface area contributed by atoms with Crippen molar-refractivity contribution in [3.63, 3.8) is 0 Å². The smallest absolute Gasteiger partial charge is 0.337 e. The maximum Gasteiger partial charge on any atom is 0.337 e. The highest BCUT2D eigenvalue weighted by Crippen LogP contribution is 2.28. The Kier molecular flexibility index (Phi) is 6.21. The minimum atomic E-state index is -0.968. The summed E-state index contributed by atoms with van der Waals surface area (Å²) in [5.74, 6) is -0.968. The summed E-state index contributed by atoms with van der Waals surface area (Å²) in [7, 11) is 0. The fraction of sp³-hybridized carbons (Fsp3) is 0.381. The lowest BCUT2D eigenvalue weighted by atomic mass is 9.92. The molecule has 25 heavy (non-hydrogen) atoms. The second-order valence-corrected chi connectivity index (χ2v) is 6.61. The first-order valence-corrected chi connectivity index (χ1v) is 8.86. The summed E-state index contributed by atoms with van der Waals surface area (Å²) in [4.78, 5) is 11.2. The van der Waals surface area contributed by atoms with Gasteiger partial charge in [-0.1, -0.05) is 40.3 Å². The molecule has 0 aliphatic carbocycles. The monoisotopic (exact) mass is 340 g/mol. The van der Waals surface area contributed by atoms with E-state index in [0.717, 1.165) is 30.6 Å². The van der Waals surface area contributed by atoms with E-state index in [0.29, 0.717) is 11.6 Å². The molecule has 0 atom stereocenters. The number of hydrogen-bond acceptors (Lipinski definition) is 3. The molecule has 0 bridgehead atoms. The number of nitrogens with one attached hydrogen (secondary N) is 2. The normalized spacial score (nSPS) is 14.2. The number of rotatable bonds is 7. The van der Waals surface area contributed by atoms with Crippen LogP contribution in [0.5, 0.6) is 0 Å². The molecule has 0 amide bonds. The molecular weight excluding hydrogens is 312 g/mol. The van der Waals surface area contributed by atoms with Crippen LogP contribution in [-0.4, -0.2) is 17.1 Å². The third-order valence-corrected chi connectivity index (χ3v) is 4.45. The minimum Gasteiger partial charge on any atom is -0.478 e. The number of hydrogen-bond donors (Lipinski definition) is 3. The molecule has 4 heteroatoms. The van der Waals surface area contributed by atoms with Gasteiger partial charge in [0.05, 0.1) is 5.57 Å². The molecule has 1 aliphatic heterocycles. The zero-order valence-electron chi connectivity index (χ0n) is 15.6. The SMILES string of the molecule is C=C1C=C(c2cc(CC)c(CC)cc2CNC(C)C)NC=C1C(=O)O. The maximum atomic E-state index is 11.2. The van der Waals surface area contributed by atoms with Crippen LogP contribution in [0.4, 0.5) is 0 Å². The molecule has 0 radical (unpaired) electrons. The molecule has 134 valence electrons. The average molecular weight is 340 g/mol. The Morgan fingerprint density at radius 2 is 1.84 bits per heavy atom. The lowest BCUT2D eigenvalue weighted by Gasteiger charge is -2.21. The number of benzene rings is 1. The van der Waals surface area contributed by atoms with E-state index < -0.39 is 5.97 Å². The number of aliphatic carboxylic acids is 1. The maximum absolute atomic E-state index is 11.2. The van der Waals surface area contributed by atoms with E-state index in [1.165, 1.54) is 22.9 Å². The van der Waals surface area contributed by atoms with E-state index in [1.54, 1.807) is 0 Å². The molecule has 2 rings (SSSR count). The number of allylic oxidation sites excluding steroid dienone is 1. The van der Waals surface area contributed by atoms with Gasteiger partial charge in [-0.2, -0.15) is 0 Å². The molecular formula is C21H28N2O2. The van der Waals surface area contributed by atoms with Crippen LogP contribution < -0.4 is 10.6 Å². The summed E-state index contributed by atoms with van der Waals surface area (Å²) in [5, 5.41) is 15.8. The van der Waals surface area contributed by atoms with Crippen LogP contribution in [0.2, 0.25) is 0 Å². The summed E-state index contributed by atoms with van der Waals surface area (Å²) in [5.41, 5.74) is 6.61. The van der Waals surface area contributed by atoms with Gasteiger partial charge < -0.3 is 15.7 Å². The number of carboxylic acid groups (broad SMARTS) is 1. The van der Waals surface area contributed by atoms with E-state index in [1.807, 2.05) is 6.08 Å². The second-order valence-electron chi connectivity index (χ2n) is 6.61. The van der Waals surface area contributed by atoms with Crippen LogP contribution in [-0.2, 0) is 24.2 Å². The van der Waals surface area contributed by atoms with Crippen LogP contribution in [0.25, 0.3) is 5.70 Å². The van der Waals surface area contributed by atoms with Crippen molar-refractivity contribution in [2.24, 2.45) is 0 Å². The number of carbonyl (C=O) groups is 1. The van der Waals surface area contributed by atoms with Gasteiger partial charge in [0.1, 0.15) is 0 Å². The lowest BCUT2D eigenvalue weighted by Crippen LogP contribution is -2.24. The van der Waals surface area contributed by atoms with Crippen molar-refractivity contribution in [1.82, 2.24) is 10.6 Å². The molecule has 0 aromatic heterocycles. The van der Waals surface area contributed by atoms with Gasteiger partial charge in [0, 0.05) is 30.0 Å². The summed E-state index contributed by atoms with van der Waals surface area (Å²) in [6.07, 6.45) is 5.32. The Morgan fingerprint density at radius 3 is 2.36 bits per heavy atom. The van der Waals surface area contributed by atoms with E-state index in [9.17, 15) is 9.90 Å². The first-order chi connectivity index (χ1) is 11.9. The standard InChI is InChI=1S/C21H28N2O2/c1-6-15-9-17(11-22-13(3)4)18(10-16(15)7-2)20-8-14(5)19(12-23-20)21(24)25/h8-10,12-13,22-23H,5-7,11H2,1-4H3,(H,24,25). The third kappa shape index (κ3) is 4.40. The van der Waals surface area contributed by atoms with E-state index in [4.69, 9.17) is 0 Å². The van der Waals surface area contributed by atoms with E-state index in [2.05, 4.69) is 57.0 Å². The fourth-order valence-electron chi connectivity index (χ4n) is 3.00. The van der Waals surface area contributed by atoms with Crippen LogP contribution in [0.15, 0.2) is 42.1 Å². The van der Waals surface area contributed by atoms with Gasteiger partial charge in [0.15, 0.2) is 0 Å². The Labute approximate surface area is 150 Å². The van der Waals surface area contributed by atoms with Crippen molar-refractivity contribution in [2.45, 2.75) is 53.1 Å². The highest BCUT2D eigenvalue weighted by atomic mass is 16.4. The molecule has 1 heterocycles. The third-order valence-electron chi connectivity index (χ3n) is 4.45. The summed E-state index contributed by atoms with van der Waals surface area (Å²) < 4.78 is 0. The predicted molar refractivity (Wildman–Crippen MR) is 103 cm³/mol. The Bertz CT molecular complexity index is 743. The molecule has 4 nitrogen and oxygen atoms in total. The molecule has 3 N–H and O–H groups in total. The zero-order valence-corrected chi connectivity index (χ0v) is 15.6. The van der Waals surface area contributed by atoms with Crippen molar-refractivity contribution >= 4 is 11.7 Å². The molecule has 0 fully saturated rings. The molecule has 1 aromatic carbocycles. The van der Waals surface area contributed by atoms with Gasteiger partial charge in [-0.3, -0.25) is 0 Å². The van der Waals surface area contributed by atoms with Crippen molar-refractivity contribution < 1.29 is 9.90 Å². The van der Waals surface area contributed by atoms with Crippen molar-refractivity contribution in [3.05, 3.63) is 64.4 Å². The van der Waals surface area contributed by atoms with Crippen LogP contribution in [0.3, 0.4) is 0 Å². The van der Waals surface area contributed by atoms with Crippen LogP contribution in [0.1, 0.15) is 49.9 Å². The predicted octanol–water partition coefficient (Wildman–Crippen LogP) is 3.78. The minimum absolute atomic E-state index is 0.200. The quantitative estimate of drug-likeness (QED) is 0.707. The lowest BCUT2D eigenvalue weighted by molar-refractivity contribution is -0.132. The van der Waals surface area contributed by atoms with Crippen molar-refractivity contribution in [1.29, 1.82) is 0 Å². The summed E-state index contributed by atoms with van der Waals surface area (Å²) in [6.45, 7) is 13.3. The fourth-order valence-corrected chi connectivity index (χ4v) is 3.00. The van der Waals surface area contributed by atoms with Crippen LogP contribution >= 0.6 is 0 Å². The summed E-state index contributed by atoms with van der Waals surface area (Å²) in [6, 6.07) is 4.89. The van der Waals surface area contributed by atoms with Gasteiger partial charge in [0.25, 0.3) is 0 Å². The highest BCUT2D eigenvalue weighted by molar-refractivity contribution is 5.95. The van der Waals surface area contributed by atoms with Gasteiger partial charge in [0.2, 0.25) is 0 Å². The van der Waals surface area contributed by atoms with Crippen molar-refractivity contribution in [2.75, 3.05) is 0 Å². The summed E-state index contributed by atoms with van der Waals surface area (Å²) >= 11 is 0. The van der Waals surface area contributed by atoms with Gasteiger partial charge in [-0.25, -0.2) is 4.79 Å². The Morgan fingerprint density at radius 1 is 1.20 bits per heavy atom. The van der Waals surface area contributed by atoms with Gasteiger partial charge >= 0.3 is 5.97 Å². The van der Waals surface area contributed by atoms with Gasteiger partial charge in [-0.05, 0) is 47.2 Å². The van der Waals surface area contributed by atoms with E-state index >= 15 is 0 Å². The largest absolute Gasteiger partial charge is 0.478 e. The van der Waals surface area contributed by atoms with Gasteiger partial charge in [-0.15, -0.1) is 0 Å². The molecule has 0 spiro atoms. The Hall–Kier alpha value is -2.33. The number of dihydropyridines is 1. The number of carboxylic acids is 1. The molecule has 1 aromatic rings. The highest BCUT2D eigenvalue weighted by Gasteiger charge is 2.18. The number of aryl methyl sites for hydroxylation is 2. The van der Waals surface area contributed by atoms with E-state index in [-0.39, 0.29) is 5.57 Å². The van der Waals surface area contributed by atoms with Crippen molar-refractivity contribution in [3.8, 4) is 0 Å². The molecule has 0 unspecified atom stereocenters. The molecule has 1 aliphatic rings. The average Bonchev–Trinajstić information content (AvgIpc) is 2.58. The molecule has 0 saturated carbocycles. The molecule has 0 saturated heterocycles. The first kappa shape index (κ1) is 19.0. The second kappa shape index (κ2) is 8.17. The Balaban J connectivity index is 2.46. The van der Waals surface area contributed by atoms with Crippen LogP contribution in [0, 0.1) is 0 Å². The topological polar surface area (TPSA) is 61.4 Å². The zero-order chi connectivity index (χ0) is 18.6. The first-order valence-electron chi connectivity index (χ1n) is 8.86.